The molecule has 0 aliphatic heterocycles. The van der Waals surface area contributed by atoms with Gasteiger partial charge in [0.15, 0.2) is 11.6 Å². The van der Waals surface area contributed by atoms with Gasteiger partial charge in [-0.3, -0.25) is 0 Å². The third kappa shape index (κ3) is 4.73. The van der Waals surface area contributed by atoms with E-state index in [-0.39, 0.29) is 24.9 Å². The van der Waals surface area contributed by atoms with Crippen molar-refractivity contribution in [2.45, 2.75) is 13.8 Å². The molecule has 0 radical (unpaired) electrons. The summed E-state index contributed by atoms with van der Waals surface area (Å²) >= 11 is 0. The van der Waals surface area contributed by atoms with Crippen LogP contribution in [0.5, 0.6) is 5.75 Å². The van der Waals surface area contributed by atoms with Crippen LogP contribution in [-0.2, 0) is 0 Å². The Balaban J connectivity index is 2.33. The molecule has 19 heavy (non-hydrogen) atoms. The first-order valence-electron chi connectivity index (χ1n) is 6.19. The summed E-state index contributed by atoms with van der Waals surface area (Å²) in [6.45, 7) is 5.38. The third-order valence-corrected chi connectivity index (χ3v) is 2.58. The Labute approximate surface area is 111 Å². The average molecular weight is 272 g/mol. The van der Waals surface area contributed by atoms with E-state index in [9.17, 15) is 13.6 Å². The van der Waals surface area contributed by atoms with Crippen molar-refractivity contribution >= 4 is 6.03 Å². The smallest absolute Gasteiger partial charge is 0.317 e. The van der Waals surface area contributed by atoms with E-state index in [2.05, 4.69) is 5.32 Å². The zero-order chi connectivity index (χ0) is 14.3. The zero-order valence-electron chi connectivity index (χ0n) is 11.1. The van der Waals surface area contributed by atoms with Gasteiger partial charge in [-0.2, -0.15) is 0 Å². The van der Waals surface area contributed by atoms with E-state index in [1.54, 1.807) is 4.90 Å². The molecule has 0 bridgehead atoms. The lowest BCUT2D eigenvalue weighted by Crippen LogP contribution is -2.41. The van der Waals surface area contributed by atoms with Gasteiger partial charge in [0.1, 0.15) is 12.4 Å². The van der Waals surface area contributed by atoms with Crippen LogP contribution in [0, 0.1) is 11.6 Å². The Morgan fingerprint density at radius 1 is 1.32 bits per heavy atom. The fourth-order valence-electron chi connectivity index (χ4n) is 1.53. The second-order valence-electron chi connectivity index (χ2n) is 3.83. The van der Waals surface area contributed by atoms with Crippen LogP contribution in [-0.4, -0.2) is 37.2 Å². The number of carbonyl (C=O) groups is 1. The number of rotatable bonds is 6. The lowest BCUT2D eigenvalue weighted by molar-refractivity contribution is 0.199. The van der Waals surface area contributed by atoms with Gasteiger partial charge in [-0.05, 0) is 26.0 Å². The highest BCUT2D eigenvalue weighted by atomic mass is 19.1. The minimum Gasteiger partial charge on any atom is -0.489 e. The molecule has 2 amide bonds. The minimum absolute atomic E-state index is 0.0292. The molecule has 0 fully saturated rings. The van der Waals surface area contributed by atoms with Crippen LogP contribution in [0.1, 0.15) is 13.8 Å². The monoisotopic (exact) mass is 272 g/mol. The van der Waals surface area contributed by atoms with Gasteiger partial charge in [0.2, 0.25) is 0 Å². The Morgan fingerprint density at radius 2 is 2.00 bits per heavy atom. The van der Waals surface area contributed by atoms with Gasteiger partial charge in [0, 0.05) is 19.2 Å². The SMILES string of the molecule is CCN(CC)C(=O)NCCOc1ccc(F)cc1F. The maximum atomic E-state index is 13.2. The first-order chi connectivity index (χ1) is 9.08. The molecule has 1 rings (SSSR count). The number of hydrogen-bond acceptors (Lipinski definition) is 2. The molecule has 0 heterocycles. The highest BCUT2D eigenvalue weighted by Gasteiger charge is 2.08. The molecule has 6 heteroatoms. The fraction of sp³-hybridized carbons (Fsp3) is 0.462. The van der Waals surface area contributed by atoms with Crippen molar-refractivity contribution in [2.75, 3.05) is 26.2 Å². The van der Waals surface area contributed by atoms with Gasteiger partial charge >= 0.3 is 6.03 Å². The Hall–Kier alpha value is -1.85. The van der Waals surface area contributed by atoms with E-state index in [1.165, 1.54) is 6.07 Å². The Bertz CT molecular complexity index is 423. The minimum atomic E-state index is -0.755. The molecule has 0 saturated carbocycles. The third-order valence-electron chi connectivity index (χ3n) is 2.58. The summed E-state index contributed by atoms with van der Waals surface area (Å²) < 4.78 is 31.0. The maximum Gasteiger partial charge on any atom is 0.317 e. The largest absolute Gasteiger partial charge is 0.489 e. The molecule has 0 aliphatic rings. The van der Waals surface area contributed by atoms with Crippen molar-refractivity contribution in [2.24, 2.45) is 0 Å². The molecule has 4 nitrogen and oxygen atoms in total. The maximum absolute atomic E-state index is 13.2. The van der Waals surface area contributed by atoms with E-state index in [4.69, 9.17) is 4.74 Å². The lowest BCUT2D eigenvalue weighted by Gasteiger charge is -2.19. The topological polar surface area (TPSA) is 41.6 Å². The van der Waals surface area contributed by atoms with Crippen LogP contribution in [0.25, 0.3) is 0 Å². The van der Waals surface area contributed by atoms with Crippen LogP contribution >= 0.6 is 0 Å². The molecular weight excluding hydrogens is 254 g/mol. The molecule has 106 valence electrons. The molecule has 1 aromatic carbocycles. The highest BCUT2D eigenvalue weighted by Crippen LogP contribution is 2.17. The van der Waals surface area contributed by atoms with Crippen LogP contribution < -0.4 is 10.1 Å². The highest BCUT2D eigenvalue weighted by molar-refractivity contribution is 5.73. The molecule has 0 spiro atoms. The number of urea groups is 1. The molecule has 0 aliphatic carbocycles. The van der Waals surface area contributed by atoms with Gasteiger partial charge in [-0.25, -0.2) is 13.6 Å². The second kappa shape index (κ2) is 7.56. The normalized spacial score (nSPS) is 10.1. The van der Waals surface area contributed by atoms with Crippen molar-refractivity contribution in [3.63, 3.8) is 0 Å². The number of carbonyl (C=O) groups excluding carboxylic acids is 1. The van der Waals surface area contributed by atoms with Gasteiger partial charge in [-0.15, -0.1) is 0 Å². The van der Waals surface area contributed by atoms with E-state index in [0.29, 0.717) is 13.1 Å². The van der Waals surface area contributed by atoms with E-state index >= 15 is 0 Å². The molecule has 0 saturated heterocycles. The van der Waals surface area contributed by atoms with Crippen molar-refractivity contribution in [3.05, 3.63) is 29.8 Å². The van der Waals surface area contributed by atoms with Crippen LogP contribution in [0.2, 0.25) is 0 Å². The van der Waals surface area contributed by atoms with Gasteiger partial charge < -0.3 is 15.0 Å². The summed E-state index contributed by atoms with van der Waals surface area (Å²) in [6.07, 6.45) is 0. The predicted molar refractivity (Wildman–Crippen MR) is 68.2 cm³/mol. The first kappa shape index (κ1) is 15.2. The van der Waals surface area contributed by atoms with Gasteiger partial charge in [-0.1, -0.05) is 0 Å². The number of benzene rings is 1. The first-order valence-corrected chi connectivity index (χ1v) is 6.19. The van der Waals surface area contributed by atoms with Gasteiger partial charge in [0.05, 0.1) is 6.54 Å². The Kier molecular flexibility index (Phi) is 6.05. The molecule has 0 aromatic heterocycles. The number of ether oxygens (including phenoxy) is 1. The summed E-state index contributed by atoms with van der Waals surface area (Å²) in [6, 6.07) is 2.90. The summed E-state index contributed by atoms with van der Waals surface area (Å²) in [5.41, 5.74) is 0. The number of nitrogens with zero attached hydrogens (tertiary/aromatic N) is 1. The number of nitrogens with one attached hydrogen (secondary N) is 1. The summed E-state index contributed by atoms with van der Waals surface area (Å²) in [7, 11) is 0. The predicted octanol–water partition coefficient (Wildman–Crippen LogP) is 2.40. The summed E-state index contributed by atoms with van der Waals surface area (Å²) in [5.74, 6) is -1.44. The number of amides is 2. The molecule has 1 N–H and O–H groups in total. The van der Waals surface area contributed by atoms with Crippen molar-refractivity contribution in [1.82, 2.24) is 10.2 Å². The summed E-state index contributed by atoms with van der Waals surface area (Å²) in [4.78, 5) is 13.2. The number of halogens is 2. The fourth-order valence-corrected chi connectivity index (χ4v) is 1.53. The second-order valence-corrected chi connectivity index (χ2v) is 3.83. The number of hydrogen-bond donors (Lipinski definition) is 1. The quantitative estimate of drug-likeness (QED) is 0.808. The van der Waals surface area contributed by atoms with Crippen molar-refractivity contribution in [3.8, 4) is 5.75 Å². The molecule has 1 aromatic rings. The van der Waals surface area contributed by atoms with E-state index < -0.39 is 11.6 Å². The lowest BCUT2D eigenvalue weighted by atomic mass is 10.3. The van der Waals surface area contributed by atoms with Crippen LogP contribution in [0.3, 0.4) is 0 Å². The molecule has 0 atom stereocenters. The van der Waals surface area contributed by atoms with Crippen molar-refractivity contribution < 1.29 is 18.3 Å². The average Bonchev–Trinajstić information content (AvgIpc) is 2.38. The van der Waals surface area contributed by atoms with Crippen LogP contribution in [0.4, 0.5) is 13.6 Å². The van der Waals surface area contributed by atoms with Crippen molar-refractivity contribution in [1.29, 1.82) is 0 Å². The Morgan fingerprint density at radius 3 is 2.58 bits per heavy atom. The van der Waals surface area contributed by atoms with E-state index in [0.717, 1.165) is 12.1 Å². The van der Waals surface area contributed by atoms with Crippen LogP contribution in [0.15, 0.2) is 18.2 Å². The standard InChI is InChI=1S/C13H18F2N2O2/c1-3-17(4-2)13(18)16-7-8-19-12-6-5-10(14)9-11(12)15/h5-6,9H,3-4,7-8H2,1-2H3,(H,16,18). The molecule has 0 unspecified atom stereocenters. The summed E-state index contributed by atoms with van der Waals surface area (Å²) in [5, 5.41) is 2.65. The van der Waals surface area contributed by atoms with Gasteiger partial charge in [0.25, 0.3) is 0 Å². The molecular formula is C13H18F2N2O2. The van der Waals surface area contributed by atoms with E-state index in [1.807, 2.05) is 13.8 Å². The zero-order valence-corrected chi connectivity index (χ0v) is 11.1.